The lowest BCUT2D eigenvalue weighted by Gasteiger charge is -2.04. The van der Waals surface area contributed by atoms with Crippen molar-refractivity contribution in [2.75, 3.05) is 7.05 Å². The molecule has 1 fully saturated rings. The van der Waals surface area contributed by atoms with Gasteiger partial charge in [-0.1, -0.05) is 0 Å². The Kier molecular flexibility index (Phi) is 1.86. The summed E-state index contributed by atoms with van der Waals surface area (Å²) in [5.74, 6) is 0. The van der Waals surface area contributed by atoms with Gasteiger partial charge in [0.15, 0.2) is 0 Å². The van der Waals surface area contributed by atoms with Gasteiger partial charge >= 0.3 is 0 Å². The Morgan fingerprint density at radius 1 is 1.50 bits per heavy atom. The van der Waals surface area contributed by atoms with Crippen LogP contribution in [0.4, 0.5) is 0 Å². The third-order valence-corrected chi connectivity index (χ3v) is 1.88. The molecule has 0 aliphatic heterocycles. The summed E-state index contributed by atoms with van der Waals surface area (Å²) in [6, 6.07) is 1.16. The van der Waals surface area contributed by atoms with Crippen molar-refractivity contribution in [3.8, 4) is 0 Å². The zero-order chi connectivity index (χ0) is 5.98. The largest absolute Gasteiger partial charge is 0.328 e. The molecule has 1 rings (SSSR count). The van der Waals surface area contributed by atoms with Crippen LogP contribution in [0.3, 0.4) is 0 Å². The first-order valence-electron chi connectivity index (χ1n) is 3.26. The highest BCUT2D eigenvalue weighted by Gasteiger charge is 2.18. The smallest absolute Gasteiger partial charge is 0.00793 e. The Labute approximate surface area is 50.4 Å². The molecule has 2 heteroatoms. The Balaban J connectivity index is 2.22. The molecule has 0 saturated heterocycles. The van der Waals surface area contributed by atoms with E-state index in [1.54, 1.807) is 0 Å². The topological polar surface area (TPSA) is 38.0 Å². The quantitative estimate of drug-likeness (QED) is 0.507. The molecule has 3 N–H and O–H groups in total. The van der Waals surface area contributed by atoms with Gasteiger partial charge in [-0.2, -0.15) is 0 Å². The lowest BCUT2D eigenvalue weighted by atomic mass is 10.2. The maximum atomic E-state index is 5.66. The van der Waals surface area contributed by atoms with Crippen molar-refractivity contribution in [3.05, 3.63) is 0 Å². The van der Waals surface area contributed by atoms with E-state index < -0.39 is 0 Å². The molecule has 0 aromatic carbocycles. The molecule has 0 heterocycles. The average molecular weight is 114 g/mol. The van der Waals surface area contributed by atoms with Crippen LogP contribution in [-0.2, 0) is 0 Å². The molecule has 2 atom stereocenters. The number of hydrogen-bond acceptors (Lipinski definition) is 2. The van der Waals surface area contributed by atoms with Crippen LogP contribution >= 0.6 is 0 Å². The Hall–Kier alpha value is -0.0800. The molecule has 0 aromatic heterocycles. The van der Waals surface area contributed by atoms with E-state index >= 15 is 0 Å². The Morgan fingerprint density at radius 2 is 2.25 bits per heavy atom. The first-order chi connectivity index (χ1) is 3.83. The van der Waals surface area contributed by atoms with Crippen molar-refractivity contribution in [2.24, 2.45) is 5.73 Å². The maximum absolute atomic E-state index is 5.66. The van der Waals surface area contributed by atoms with Gasteiger partial charge in [0.2, 0.25) is 0 Å². The van der Waals surface area contributed by atoms with Crippen molar-refractivity contribution >= 4 is 0 Å². The predicted molar refractivity (Wildman–Crippen MR) is 34.7 cm³/mol. The monoisotopic (exact) mass is 114 g/mol. The number of nitrogens with two attached hydrogens (primary N) is 1. The first kappa shape index (κ1) is 6.05. The molecule has 8 heavy (non-hydrogen) atoms. The standard InChI is InChI=1S/C6H14N2/c1-8-6-3-2-5(7)4-6/h5-6,8H,2-4,7H2,1H3. The van der Waals surface area contributed by atoms with Gasteiger partial charge in [0.1, 0.15) is 0 Å². The van der Waals surface area contributed by atoms with Gasteiger partial charge in [-0.05, 0) is 26.3 Å². The van der Waals surface area contributed by atoms with Gasteiger partial charge in [0.05, 0.1) is 0 Å². The minimum Gasteiger partial charge on any atom is -0.328 e. The molecule has 2 unspecified atom stereocenters. The number of nitrogens with one attached hydrogen (secondary N) is 1. The molecule has 0 amide bonds. The van der Waals surface area contributed by atoms with Crippen LogP contribution in [0.2, 0.25) is 0 Å². The third kappa shape index (κ3) is 1.20. The zero-order valence-electron chi connectivity index (χ0n) is 5.35. The summed E-state index contributed by atoms with van der Waals surface area (Å²) in [5.41, 5.74) is 5.66. The van der Waals surface area contributed by atoms with Crippen LogP contribution in [0.1, 0.15) is 19.3 Å². The van der Waals surface area contributed by atoms with E-state index in [9.17, 15) is 0 Å². The van der Waals surface area contributed by atoms with E-state index in [-0.39, 0.29) is 0 Å². The number of hydrogen-bond donors (Lipinski definition) is 2. The fourth-order valence-corrected chi connectivity index (χ4v) is 1.28. The van der Waals surface area contributed by atoms with Crippen LogP contribution in [0, 0.1) is 0 Å². The van der Waals surface area contributed by atoms with Gasteiger partial charge < -0.3 is 11.1 Å². The highest BCUT2D eigenvalue weighted by molar-refractivity contribution is 4.81. The molecule has 0 bridgehead atoms. The van der Waals surface area contributed by atoms with E-state index in [0.717, 1.165) is 6.42 Å². The van der Waals surface area contributed by atoms with Crippen molar-refractivity contribution in [1.29, 1.82) is 0 Å². The van der Waals surface area contributed by atoms with Gasteiger partial charge in [-0.3, -0.25) is 0 Å². The zero-order valence-corrected chi connectivity index (χ0v) is 5.35. The summed E-state index contributed by atoms with van der Waals surface area (Å²) in [4.78, 5) is 0. The number of rotatable bonds is 1. The van der Waals surface area contributed by atoms with Crippen LogP contribution in [-0.4, -0.2) is 19.1 Å². The summed E-state index contributed by atoms with van der Waals surface area (Å²) in [6.45, 7) is 0. The van der Waals surface area contributed by atoms with Crippen LogP contribution in [0.25, 0.3) is 0 Å². The van der Waals surface area contributed by atoms with E-state index in [1.807, 2.05) is 7.05 Å². The summed E-state index contributed by atoms with van der Waals surface area (Å²) in [6.07, 6.45) is 3.62. The molecule has 1 saturated carbocycles. The van der Waals surface area contributed by atoms with E-state index in [0.29, 0.717) is 12.1 Å². The average Bonchev–Trinajstić information content (AvgIpc) is 2.14. The molecular formula is C6H14N2. The normalized spacial score (nSPS) is 38.2. The van der Waals surface area contributed by atoms with E-state index in [1.165, 1.54) is 12.8 Å². The first-order valence-corrected chi connectivity index (χ1v) is 3.26. The lowest BCUT2D eigenvalue weighted by molar-refractivity contribution is 0.570. The molecule has 2 nitrogen and oxygen atoms in total. The molecule has 0 aromatic rings. The summed E-state index contributed by atoms with van der Waals surface area (Å²) in [5, 5.41) is 3.21. The minimum atomic E-state index is 0.465. The Bertz CT molecular complexity index is 72.9. The fraction of sp³-hybridized carbons (Fsp3) is 1.00. The third-order valence-electron chi connectivity index (χ3n) is 1.88. The van der Waals surface area contributed by atoms with E-state index in [4.69, 9.17) is 5.73 Å². The van der Waals surface area contributed by atoms with Crippen molar-refractivity contribution in [3.63, 3.8) is 0 Å². The second-order valence-corrected chi connectivity index (χ2v) is 2.56. The molecule has 1 aliphatic carbocycles. The second kappa shape index (κ2) is 2.46. The summed E-state index contributed by atoms with van der Waals surface area (Å²) in [7, 11) is 2.00. The van der Waals surface area contributed by atoms with Crippen molar-refractivity contribution < 1.29 is 0 Å². The minimum absolute atomic E-state index is 0.465. The molecule has 0 radical (unpaired) electrons. The van der Waals surface area contributed by atoms with Crippen LogP contribution < -0.4 is 11.1 Å². The van der Waals surface area contributed by atoms with Gasteiger partial charge in [0.25, 0.3) is 0 Å². The summed E-state index contributed by atoms with van der Waals surface area (Å²) >= 11 is 0. The maximum Gasteiger partial charge on any atom is 0.00793 e. The second-order valence-electron chi connectivity index (χ2n) is 2.56. The van der Waals surface area contributed by atoms with E-state index in [2.05, 4.69) is 5.32 Å². The van der Waals surface area contributed by atoms with Gasteiger partial charge in [0, 0.05) is 12.1 Å². The Morgan fingerprint density at radius 3 is 2.50 bits per heavy atom. The predicted octanol–water partition coefficient (Wildman–Crippen LogP) is 0.0856. The highest BCUT2D eigenvalue weighted by Crippen LogP contribution is 2.15. The van der Waals surface area contributed by atoms with Crippen molar-refractivity contribution in [1.82, 2.24) is 5.32 Å². The van der Waals surface area contributed by atoms with Crippen LogP contribution in [0.15, 0.2) is 0 Å². The molecule has 0 spiro atoms. The fourth-order valence-electron chi connectivity index (χ4n) is 1.28. The SMILES string of the molecule is CNC1CCC(N)C1. The van der Waals surface area contributed by atoms with Crippen LogP contribution in [0.5, 0.6) is 0 Å². The molecule has 1 aliphatic rings. The van der Waals surface area contributed by atoms with Gasteiger partial charge in [-0.25, -0.2) is 0 Å². The molecular weight excluding hydrogens is 100 g/mol. The lowest BCUT2D eigenvalue weighted by Crippen LogP contribution is -2.24. The highest BCUT2D eigenvalue weighted by atomic mass is 14.9. The van der Waals surface area contributed by atoms with Crippen molar-refractivity contribution in [2.45, 2.75) is 31.3 Å². The van der Waals surface area contributed by atoms with Gasteiger partial charge in [-0.15, -0.1) is 0 Å². The molecule has 48 valence electrons. The summed E-state index contributed by atoms with van der Waals surface area (Å²) < 4.78 is 0.